The van der Waals surface area contributed by atoms with Crippen LogP contribution in [0.5, 0.6) is 5.75 Å². The Balaban J connectivity index is 1.28. The largest absolute Gasteiger partial charge is 0.489 e. The van der Waals surface area contributed by atoms with Gasteiger partial charge in [-0.2, -0.15) is 0 Å². The van der Waals surface area contributed by atoms with Gasteiger partial charge in [0.25, 0.3) is 5.24 Å². The number of fused-ring (bicyclic) bond motifs is 1. The van der Waals surface area contributed by atoms with Gasteiger partial charge in [0.2, 0.25) is 5.12 Å². The topological polar surface area (TPSA) is 60.3 Å². The zero-order valence-electron chi connectivity index (χ0n) is 17.4. The number of hydrogen-bond acceptors (Lipinski definition) is 4. The normalized spacial score (nSPS) is 15.8. The second-order valence-electron chi connectivity index (χ2n) is 7.82. The van der Waals surface area contributed by atoms with Crippen LogP contribution in [-0.4, -0.2) is 21.0 Å². The van der Waals surface area contributed by atoms with E-state index in [1.54, 1.807) is 0 Å². The smallest absolute Gasteiger partial charge is 0.287 e. The molecule has 1 aliphatic rings. The summed E-state index contributed by atoms with van der Waals surface area (Å²) in [6.45, 7) is 1.29. The van der Waals surface area contributed by atoms with Crippen molar-refractivity contribution in [1.29, 1.82) is 0 Å². The van der Waals surface area contributed by atoms with Crippen LogP contribution in [0.3, 0.4) is 0 Å². The Kier molecular flexibility index (Phi) is 5.69. The van der Waals surface area contributed by atoms with E-state index in [0.717, 1.165) is 46.1 Å². The highest BCUT2D eigenvalue weighted by Crippen LogP contribution is 2.26. The highest BCUT2D eigenvalue weighted by atomic mass is 32.2. The molecule has 1 saturated heterocycles. The predicted octanol–water partition coefficient (Wildman–Crippen LogP) is 5.16. The molecule has 1 N–H and O–H groups in total. The van der Waals surface area contributed by atoms with Crippen molar-refractivity contribution < 1.29 is 14.3 Å². The molecule has 5 nitrogen and oxygen atoms in total. The van der Waals surface area contributed by atoms with E-state index < -0.39 is 6.04 Å². The van der Waals surface area contributed by atoms with E-state index in [0.29, 0.717) is 13.0 Å². The molecule has 0 saturated carbocycles. The first kappa shape index (κ1) is 20.4. The Morgan fingerprint density at radius 2 is 1.69 bits per heavy atom. The first-order chi connectivity index (χ1) is 15.7. The SMILES string of the molecule is O=C1NC(Cc2cccc3c2ccn3Cc2ccc(OCc3ccccc3)cc2)C(=O)S1. The second kappa shape index (κ2) is 8.93. The van der Waals surface area contributed by atoms with E-state index in [1.165, 1.54) is 5.56 Å². The van der Waals surface area contributed by atoms with Crippen molar-refractivity contribution in [2.75, 3.05) is 0 Å². The summed E-state index contributed by atoms with van der Waals surface area (Å²) >= 11 is 0.759. The number of carbonyl (C=O) groups excluding carboxylic acids is 2. The van der Waals surface area contributed by atoms with Crippen molar-refractivity contribution >= 4 is 33.0 Å². The molecule has 1 atom stereocenters. The van der Waals surface area contributed by atoms with E-state index >= 15 is 0 Å². The van der Waals surface area contributed by atoms with Crippen molar-refractivity contribution in [2.24, 2.45) is 0 Å². The maximum Gasteiger partial charge on any atom is 0.287 e. The summed E-state index contributed by atoms with van der Waals surface area (Å²) in [6, 6.07) is 26.0. The lowest BCUT2D eigenvalue weighted by Crippen LogP contribution is -2.30. The monoisotopic (exact) mass is 442 g/mol. The zero-order chi connectivity index (χ0) is 21.9. The van der Waals surface area contributed by atoms with Crippen LogP contribution in [0.1, 0.15) is 16.7 Å². The van der Waals surface area contributed by atoms with Gasteiger partial charge in [0.1, 0.15) is 18.4 Å². The van der Waals surface area contributed by atoms with Gasteiger partial charge in [-0.1, -0.05) is 54.6 Å². The number of benzene rings is 3. The Morgan fingerprint density at radius 1 is 0.875 bits per heavy atom. The van der Waals surface area contributed by atoms with E-state index in [9.17, 15) is 9.59 Å². The minimum atomic E-state index is -0.454. The molecule has 32 heavy (non-hydrogen) atoms. The van der Waals surface area contributed by atoms with E-state index in [1.807, 2.05) is 42.5 Å². The van der Waals surface area contributed by atoms with Gasteiger partial charge >= 0.3 is 0 Å². The van der Waals surface area contributed by atoms with Crippen LogP contribution < -0.4 is 10.1 Å². The third kappa shape index (κ3) is 4.41. The summed E-state index contributed by atoms with van der Waals surface area (Å²) in [5.74, 6) is 0.846. The molecule has 0 radical (unpaired) electrons. The van der Waals surface area contributed by atoms with Crippen LogP contribution in [0.2, 0.25) is 0 Å². The van der Waals surface area contributed by atoms with Crippen LogP contribution in [-0.2, 0) is 24.4 Å². The lowest BCUT2D eigenvalue weighted by Gasteiger charge is -2.11. The van der Waals surface area contributed by atoms with Gasteiger partial charge < -0.3 is 14.6 Å². The number of rotatable bonds is 7. The summed E-state index contributed by atoms with van der Waals surface area (Å²) in [7, 11) is 0. The fourth-order valence-corrected chi connectivity index (χ4v) is 4.65. The number of nitrogens with zero attached hydrogens (tertiary/aromatic N) is 1. The Labute approximate surface area is 190 Å². The number of thioether (sulfide) groups is 1. The number of ether oxygens (including phenoxy) is 1. The predicted molar refractivity (Wildman–Crippen MR) is 127 cm³/mol. The number of hydrogen-bond donors (Lipinski definition) is 1. The summed E-state index contributed by atoms with van der Waals surface area (Å²) in [4.78, 5) is 23.5. The van der Waals surface area contributed by atoms with Crippen molar-refractivity contribution in [3.63, 3.8) is 0 Å². The Hall–Kier alpha value is -3.51. The molecule has 160 valence electrons. The Morgan fingerprint density at radius 3 is 2.44 bits per heavy atom. The lowest BCUT2D eigenvalue weighted by molar-refractivity contribution is -0.112. The molecule has 5 rings (SSSR count). The standard InChI is InChI=1S/C26H22N2O3S/c29-25-23(27-26(30)32-25)15-20-7-4-8-24-22(20)13-14-28(24)16-18-9-11-21(12-10-18)31-17-19-5-2-1-3-6-19/h1-14,23H,15-17H2,(H,27,30). The molecule has 1 amide bonds. The second-order valence-corrected chi connectivity index (χ2v) is 8.80. The summed E-state index contributed by atoms with van der Waals surface area (Å²) in [5.41, 5.74) is 4.49. The molecular formula is C26H22N2O3S. The Bertz CT molecular complexity index is 1270. The van der Waals surface area contributed by atoms with Crippen LogP contribution in [0, 0.1) is 0 Å². The first-order valence-corrected chi connectivity index (χ1v) is 11.3. The third-order valence-corrected chi connectivity index (χ3v) is 6.41. The highest BCUT2D eigenvalue weighted by molar-refractivity contribution is 8.26. The van der Waals surface area contributed by atoms with Gasteiger partial charge in [0.05, 0.1) is 0 Å². The van der Waals surface area contributed by atoms with E-state index in [2.05, 4.69) is 52.5 Å². The maximum atomic E-state index is 12.0. The zero-order valence-corrected chi connectivity index (χ0v) is 18.2. The van der Waals surface area contributed by atoms with Crippen molar-refractivity contribution in [3.05, 3.63) is 102 Å². The number of carbonyl (C=O) groups is 2. The molecule has 1 fully saturated rings. The summed E-state index contributed by atoms with van der Waals surface area (Å²) in [5, 5.41) is 3.48. The quantitative estimate of drug-likeness (QED) is 0.429. The fourth-order valence-electron chi connectivity index (χ4n) is 3.98. The van der Waals surface area contributed by atoms with Crippen LogP contribution in [0.15, 0.2) is 85.1 Å². The van der Waals surface area contributed by atoms with Crippen LogP contribution >= 0.6 is 11.8 Å². The van der Waals surface area contributed by atoms with Gasteiger partial charge in [-0.15, -0.1) is 0 Å². The van der Waals surface area contributed by atoms with Crippen molar-refractivity contribution in [3.8, 4) is 5.75 Å². The molecule has 0 bridgehead atoms. The third-order valence-electron chi connectivity index (χ3n) is 5.62. The summed E-state index contributed by atoms with van der Waals surface area (Å²) < 4.78 is 8.08. The molecule has 3 aromatic carbocycles. The minimum absolute atomic E-state index is 0.110. The van der Waals surface area contributed by atoms with Gasteiger partial charge in [-0.25, -0.2) is 0 Å². The van der Waals surface area contributed by atoms with Gasteiger partial charge in [-0.3, -0.25) is 9.59 Å². The average Bonchev–Trinajstić information content (AvgIpc) is 3.36. The molecule has 4 aromatic rings. The van der Waals surface area contributed by atoms with Gasteiger partial charge in [0, 0.05) is 41.8 Å². The molecular weight excluding hydrogens is 420 g/mol. The fraction of sp³-hybridized carbons (Fsp3) is 0.154. The molecule has 6 heteroatoms. The number of aromatic nitrogens is 1. The number of amides is 1. The van der Waals surface area contributed by atoms with Crippen molar-refractivity contribution in [2.45, 2.75) is 25.6 Å². The summed E-state index contributed by atoms with van der Waals surface area (Å²) in [6.07, 6.45) is 2.57. The number of nitrogens with one attached hydrogen (secondary N) is 1. The highest BCUT2D eigenvalue weighted by Gasteiger charge is 2.31. The van der Waals surface area contributed by atoms with Crippen LogP contribution in [0.4, 0.5) is 4.79 Å². The molecule has 1 unspecified atom stereocenters. The minimum Gasteiger partial charge on any atom is -0.489 e. The molecule has 2 heterocycles. The molecule has 1 aliphatic heterocycles. The van der Waals surface area contributed by atoms with Crippen LogP contribution in [0.25, 0.3) is 10.9 Å². The molecule has 0 spiro atoms. The van der Waals surface area contributed by atoms with E-state index in [-0.39, 0.29) is 10.4 Å². The molecule has 1 aromatic heterocycles. The lowest BCUT2D eigenvalue weighted by atomic mass is 10.0. The van der Waals surface area contributed by atoms with Gasteiger partial charge in [-0.05, 0) is 41.0 Å². The molecule has 0 aliphatic carbocycles. The van der Waals surface area contributed by atoms with Gasteiger partial charge in [0.15, 0.2) is 0 Å². The average molecular weight is 443 g/mol. The van der Waals surface area contributed by atoms with E-state index in [4.69, 9.17) is 4.74 Å². The van der Waals surface area contributed by atoms with Crippen molar-refractivity contribution in [1.82, 2.24) is 9.88 Å². The maximum absolute atomic E-state index is 12.0. The first-order valence-electron chi connectivity index (χ1n) is 10.5.